The van der Waals surface area contributed by atoms with Crippen LogP contribution in [0.15, 0.2) is 18.2 Å². The quantitative estimate of drug-likeness (QED) is 0.590. The summed E-state index contributed by atoms with van der Waals surface area (Å²) in [6.07, 6.45) is 0. The number of nitrogens with one attached hydrogen (secondary N) is 1. The molecule has 0 bridgehead atoms. The first kappa shape index (κ1) is 13.8. The Morgan fingerprint density at radius 3 is 2.72 bits per heavy atom. The average Bonchev–Trinajstić information content (AvgIpc) is 2.37. The number of nitrogens with two attached hydrogens (primary N) is 1. The molecule has 1 aromatic carbocycles. The van der Waals surface area contributed by atoms with Crippen molar-refractivity contribution in [3.8, 4) is 5.75 Å². The molecule has 0 fully saturated rings. The standard InChI is InChI=1S/C12H16N2O4/c1-3-18-11(15)7-14-12(16)9-6-8(17-2)4-5-10(9)13/h4-6H,3,7,13H2,1-2H3,(H,14,16). The molecule has 6 heteroatoms. The Bertz CT molecular complexity index is 446. The highest BCUT2D eigenvalue weighted by molar-refractivity contribution is 6.00. The number of rotatable bonds is 5. The van der Waals surface area contributed by atoms with E-state index in [0.29, 0.717) is 11.4 Å². The van der Waals surface area contributed by atoms with Crippen LogP contribution < -0.4 is 15.8 Å². The second-order valence-electron chi connectivity index (χ2n) is 3.44. The third-order valence-electron chi connectivity index (χ3n) is 2.20. The van der Waals surface area contributed by atoms with Crippen LogP contribution in [0.4, 0.5) is 5.69 Å². The lowest BCUT2D eigenvalue weighted by atomic mass is 10.1. The summed E-state index contributed by atoms with van der Waals surface area (Å²) < 4.78 is 9.69. The van der Waals surface area contributed by atoms with Crippen molar-refractivity contribution in [1.82, 2.24) is 5.32 Å². The molecular formula is C12H16N2O4. The largest absolute Gasteiger partial charge is 0.497 e. The van der Waals surface area contributed by atoms with Crippen LogP contribution in [0.3, 0.4) is 0 Å². The highest BCUT2D eigenvalue weighted by Gasteiger charge is 2.12. The fourth-order valence-electron chi connectivity index (χ4n) is 1.32. The van der Waals surface area contributed by atoms with Crippen LogP contribution in [0.5, 0.6) is 5.75 Å². The molecule has 0 aromatic heterocycles. The van der Waals surface area contributed by atoms with Crippen molar-refractivity contribution in [3.05, 3.63) is 23.8 Å². The van der Waals surface area contributed by atoms with E-state index in [4.69, 9.17) is 15.2 Å². The third-order valence-corrected chi connectivity index (χ3v) is 2.20. The summed E-state index contributed by atoms with van der Waals surface area (Å²) in [5.41, 5.74) is 6.26. The molecule has 0 saturated heterocycles. The van der Waals surface area contributed by atoms with E-state index < -0.39 is 11.9 Å². The van der Waals surface area contributed by atoms with Gasteiger partial charge in [0.2, 0.25) is 0 Å². The van der Waals surface area contributed by atoms with E-state index in [0.717, 1.165) is 0 Å². The molecule has 0 saturated carbocycles. The van der Waals surface area contributed by atoms with Gasteiger partial charge in [-0.15, -0.1) is 0 Å². The minimum atomic E-state index is -0.493. The molecule has 0 atom stereocenters. The molecule has 6 nitrogen and oxygen atoms in total. The summed E-state index contributed by atoms with van der Waals surface area (Å²) in [5, 5.41) is 2.43. The number of carbonyl (C=O) groups excluding carboxylic acids is 2. The maximum atomic E-state index is 11.8. The van der Waals surface area contributed by atoms with Gasteiger partial charge >= 0.3 is 5.97 Å². The van der Waals surface area contributed by atoms with Gasteiger partial charge in [0.15, 0.2) is 0 Å². The zero-order valence-corrected chi connectivity index (χ0v) is 10.4. The number of methoxy groups -OCH3 is 1. The first-order valence-electron chi connectivity index (χ1n) is 5.45. The Hall–Kier alpha value is -2.24. The van der Waals surface area contributed by atoms with E-state index in [-0.39, 0.29) is 18.7 Å². The average molecular weight is 252 g/mol. The normalized spacial score (nSPS) is 9.67. The Labute approximate surface area is 105 Å². The molecule has 3 N–H and O–H groups in total. The molecule has 0 aliphatic carbocycles. The number of nitrogen functional groups attached to an aromatic ring is 1. The minimum Gasteiger partial charge on any atom is -0.497 e. The topological polar surface area (TPSA) is 90.6 Å². The van der Waals surface area contributed by atoms with E-state index in [1.165, 1.54) is 13.2 Å². The molecular weight excluding hydrogens is 236 g/mol. The number of esters is 1. The van der Waals surface area contributed by atoms with Gasteiger partial charge in [-0.25, -0.2) is 0 Å². The lowest BCUT2D eigenvalue weighted by Gasteiger charge is -2.08. The number of ether oxygens (including phenoxy) is 2. The summed E-state index contributed by atoms with van der Waals surface area (Å²) in [5.74, 6) is -0.419. The maximum Gasteiger partial charge on any atom is 0.325 e. The lowest BCUT2D eigenvalue weighted by Crippen LogP contribution is -2.31. The Morgan fingerprint density at radius 1 is 1.39 bits per heavy atom. The fourth-order valence-corrected chi connectivity index (χ4v) is 1.32. The Balaban J connectivity index is 2.69. The molecule has 0 spiro atoms. The summed E-state index contributed by atoms with van der Waals surface area (Å²) in [4.78, 5) is 22.9. The van der Waals surface area contributed by atoms with E-state index in [2.05, 4.69) is 5.32 Å². The van der Waals surface area contributed by atoms with Crippen molar-refractivity contribution in [2.24, 2.45) is 0 Å². The van der Waals surface area contributed by atoms with Gasteiger partial charge in [-0.05, 0) is 25.1 Å². The van der Waals surface area contributed by atoms with Crippen LogP contribution in [0.2, 0.25) is 0 Å². The minimum absolute atomic E-state index is 0.191. The number of benzene rings is 1. The van der Waals surface area contributed by atoms with Crippen molar-refractivity contribution in [2.45, 2.75) is 6.92 Å². The molecule has 0 unspecified atom stereocenters. The second-order valence-corrected chi connectivity index (χ2v) is 3.44. The highest BCUT2D eigenvalue weighted by Crippen LogP contribution is 2.19. The van der Waals surface area contributed by atoms with Crippen LogP contribution in [0.1, 0.15) is 17.3 Å². The SMILES string of the molecule is CCOC(=O)CNC(=O)c1cc(OC)ccc1N. The smallest absolute Gasteiger partial charge is 0.325 e. The Kier molecular flexibility index (Phi) is 4.98. The van der Waals surface area contributed by atoms with Crippen LogP contribution >= 0.6 is 0 Å². The van der Waals surface area contributed by atoms with Gasteiger partial charge in [0.05, 0.1) is 19.3 Å². The first-order valence-corrected chi connectivity index (χ1v) is 5.45. The summed E-state index contributed by atoms with van der Waals surface area (Å²) >= 11 is 0. The van der Waals surface area contributed by atoms with Gasteiger partial charge in [0.1, 0.15) is 12.3 Å². The first-order chi connectivity index (χ1) is 8.58. The van der Waals surface area contributed by atoms with Crippen LogP contribution in [0, 0.1) is 0 Å². The molecule has 1 rings (SSSR count). The fraction of sp³-hybridized carbons (Fsp3) is 0.333. The molecule has 1 aromatic rings. The van der Waals surface area contributed by atoms with E-state index in [1.807, 2.05) is 0 Å². The van der Waals surface area contributed by atoms with Gasteiger partial charge in [-0.1, -0.05) is 0 Å². The van der Waals surface area contributed by atoms with Crippen LogP contribution in [-0.4, -0.2) is 32.1 Å². The number of carbonyl (C=O) groups is 2. The van der Waals surface area contributed by atoms with Gasteiger partial charge in [0, 0.05) is 5.69 Å². The monoisotopic (exact) mass is 252 g/mol. The van der Waals surface area contributed by atoms with Gasteiger partial charge in [0.25, 0.3) is 5.91 Å². The van der Waals surface area contributed by atoms with Crippen molar-refractivity contribution in [2.75, 3.05) is 26.0 Å². The molecule has 0 aliphatic rings. The van der Waals surface area contributed by atoms with Crippen LogP contribution in [-0.2, 0) is 9.53 Å². The van der Waals surface area contributed by atoms with Crippen molar-refractivity contribution >= 4 is 17.6 Å². The van der Waals surface area contributed by atoms with E-state index in [9.17, 15) is 9.59 Å². The maximum absolute atomic E-state index is 11.8. The molecule has 0 aliphatic heterocycles. The number of anilines is 1. The Morgan fingerprint density at radius 2 is 2.11 bits per heavy atom. The highest BCUT2D eigenvalue weighted by atomic mass is 16.5. The second kappa shape index (κ2) is 6.48. The summed E-state index contributed by atoms with van der Waals surface area (Å²) in [6.45, 7) is 1.78. The predicted octanol–water partition coefficient (Wildman–Crippen LogP) is 0.570. The zero-order valence-electron chi connectivity index (χ0n) is 10.4. The van der Waals surface area contributed by atoms with Crippen molar-refractivity contribution in [1.29, 1.82) is 0 Å². The third kappa shape index (κ3) is 3.65. The number of amides is 1. The molecule has 18 heavy (non-hydrogen) atoms. The van der Waals surface area contributed by atoms with E-state index in [1.54, 1.807) is 19.1 Å². The van der Waals surface area contributed by atoms with Gasteiger partial charge in [-0.3, -0.25) is 9.59 Å². The lowest BCUT2D eigenvalue weighted by molar-refractivity contribution is -0.141. The van der Waals surface area contributed by atoms with E-state index >= 15 is 0 Å². The number of hydrogen-bond acceptors (Lipinski definition) is 5. The van der Waals surface area contributed by atoms with Gasteiger partial charge in [-0.2, -0.15) is 0 Å². The van der Waals surface area contributed by atoms with Crippen molar-refractivity contribution < 1.29 is 19.1 Å². The molecule has 0 radical (unpaired) electrons. The molecule has 0 heterocycles. The predicted molar refractivity (Wildman–Crippen MR) is 66.4 cm³/mol. The van der Waals surface area contributed by atoms with Crippen LogP contribution in [0.25, 0.3) is 0 Å². The number of hydrogen-bond donors (Lipinski definition) is 2. The molecule has 1 amide bonds. The van der Waals surface area contributed by atoms with Crippen molar-refractivity contribution in [3.63, 3.8) is 0 Å². The zero-order chi connectivity index (χ0) is 13.5. The molecule has 98 valence electrons. The summed E-state index contributed by atoms with van der Waals surface area (Å²) in [6, 6.07) is 4.73. The summed E-state index contributed by atoms with van der Waals surface area (Å²) in [7, 11) is 1.49. The van der Waals surface area contributed by atoms with Gasteiger partial charge < -0.3 is 20.5 Å².